The molecule has 132 valence electrons. The summed E-state index contributed by atoms with van der Waals surface area (Å²) in [6, 6.07) is 5.67. The smallest absolute Gasteiger partial charge is 0.248 e. The summed E-state index contributed by atoms with van der Waals surface area (Å²) in [6.07, 6.45) is 7.78. The Morgan fingerprint density at radius 3 is 2.96 bits per heavy atom. The molecule has 3 atom stereocenters. The fourth-order valence-electron chi connectivity index (χ4n) is 2.74. The molecule has 0 spiro atoms. The number of hydrogen-bond acceptors (Lipinski definition) is 7. The van der Waals surface area contributed by atoms with Gasteiger partial charge in [0.2, 0.25) is 5.91 Å². The summed E-state index contributed by atoms with van der Waals surface area (Å²) >= 11 is 1.43. The fraction of sp³-hybridized carbons (Fsp3) is 0.294. The molecule has 8 heteroatoms. The van der Waals surface area contributed by atoms with Crippen LogP contribution in [0, 0.1) is 0 Å². The molecule has 1 aliphatic heterocycles. The van der Waals surface area contributed by atoms with Crippen LogP contribution in [-0.4, -0.2) is 34.2 Å². The Morgan fingerprint density at radius 1 is 1.52 bits per heavy atom. The van der Waals surface area contributed by atoms with Gasteiger partial charge in [-0.15, -0.1) is 4.41 Å². The van der Waals surface area contributed by atoms with Gasteiger partial charge >= 0.3 is 0 Å². The van der Waals surface area contributed by atoms with Crippen molar-refractivity contribution < 1.29 is 14.3 Å². The van der Waals surface area contributed by atoms with Crippen LogP contribution in [0.25, 0.3) is 0 Å². The number of methoxy groups -OCH3 is 1. The third kappa shape index (κ3) is 3.47. The van der Waals surface area contributed by atoms with Crippen LogP contribution in [0.1, 0.15) is 18.7 Å². The van der Waals surface area contributed by atoms with Gasteiger partial charge in [-0.05, 0) is 49.2 Å². The molecule has 0 saturated carbocycles. The lowest BCUT2D eigenvalue weighted by molar-refractivity contribution is -0.181. The van der Waals surface area contributed by atoms with Crippen molar-refractivity contribution in [2.24, 2.45) is 5.73 Å². The van der Waals surface area contributed by atoms with Crippen molar-refractivity contribution in [3.63, 3.8) is 0 Å². The van der Waals surface area contributed by atoms with E-state index in [1.165, 1.54) is 11.9 Å². The minimum Gasteiger partial charge on any atom is -0.372 e. The highest BCUT2D eigenvalue weighted by Gasteiger charge is 2.48. The summed E-state index contributed by atoms with van der Waals surface area (Å²) in [5.41, 5.74) is 8.73. The van der Waals surface area contributed by atoms with Gasteiger partial charge in [-0.25, -0.2) is 0 Å². The van der Waals surface area contributed by atoms with Crippen LogP contribution >= 0.6 is 11.9 Å². The molecule has 1 aromatic heterocycles. The van der Waals surface area contributed by atoms with E-state index in [1.54, 1.807) is 37.7 Å². The molecule has 1 amide bonds. The minimum atomic E-state index is -0.987. The first-order valence-electron chi connectivity index (χ1n) is 7.77. The Bertz CT molecular complexity index is 714. The Labute approximate surface area is 150 Å². The zero-order chi connectivity index (χ0) is 17.9. The number of ether oxygens (including phenoxy) is 2. The maximum absolute atomic E-state index is 11.5. The summed E-state index contributed by atoms with van der Waals surface area (Å²) in [5.74, 6) is -0.509. The minimum absolute atomic E-state index is 0.310. The number of nitrogens with zero attached hydrogens (tertiary/aromatic N) is 2. The Kier molecular flexibility index (Phi) is 5.24. The summed E-state index contributed by atoms with van der Waals surface area (Å²) in [4.78, 5) is 15.9. The van der Waals surface area contributed by atoms with Gasteiger partial charge in [-0.1, -0.05) is 6.07 Å². The molecule has 0 aromatic carbocycles. The van der Waals surface area contributed by atoms with Crippen LogP contribution in [0.4, 0.5) is 0 Å². The number of hydrogen-bond donors (Lipinski definition) is 2. The summed E-state index contributed by atoms with van der Waals surface area (Å²) < 4.78 is 13.9. The standard InChI is InChI=1S/C17H20N4O3S/c1-12(14-5-3-4-8-19-14)24-17(21-20-9-10-25-21)7-6-13(16(18)22)11-15(17)23-2/h3-12,15,20H,1-2H3,(H2,18,22). The zero-order valence-electron chi connectivity index (χ0n) is 14.0. The van der Waals surface area contributed by atoms with Gasteiger partial charge in [0.15, 0.2) is 5.72 Å². The lowest BCUT2D eigenvalue weighted by Crippen LogP contribution is -2.58. The van der Waals surface area contributed by atoms with E-state index >= 15 is 0 Å². The summed E-state index contributed by atoms with van der Waals surface area (Å²) in [5, 5.41) is 1.89. The maximum atomic E-state index is 11.5. The molecule has 7 nitrogen and oxygen atoms in total. The van der Waals surface area contributed by atoms with Gasteiger partial charge in [0, 0.05) is 30.5 Å². The molecule has 1 aliphatic carbocycles. The van der Waals surface area contributed by atoms with E-state index in [-0.39, 0.29) is 6.10 Å². The Balaban J connectivity index is 1.94. The van der Waals surface area contributed by atoms with E-state index < -0.39 is 17.7 Å². The number of amides is 1. The molecule has 3 N–H and O–H groups in total. The van der Waals surface area contributed by atoms with Gasteiger partial charge in [-0.2, -0.15) is 0 Å². The molecule has 0 bridgehead atoms. The molecular weight excluding hydrogens is 340 g/mol. The maximum Gasteiger partial charge on any atom is 0.248 e. The van der Waals surface area contributed by atoms with Crippen molar-refractivity contribution in [1.29, 1.82) is 0 Å². The number of aromatic nitrogens is 1. The number of primary amides is 1. The van der Waals surface area contributed by atoms with Crippen molar-refractivity contribution in [2.75, 3.05) is 7.11 Å². The molecule has 0 fully saturated rings. The van der Waals surface area contributed by atoms with Crippen LogP contribution in [0.5, 0.6) is 0 Å². The Morgan fingerprint density at radius 2 is 2.36 bits per heavy atom. The first kappa shape index (κ1) is 17.7. The van der Waals surface area contributed by atoms with Gasteiger partial charge in [0.1, 0.15) is 6.10 Å². The van der Waals surface area contributed by atoms with Crippen LogP contribution < -0.4 is 11.2 Å². The van der Waals surface area contributed by atoms with Crippen molar-refractivity contribution >= 4 is 17.9 Å². The topological polar surface area (TPSA) is 89.7 Å². The average Bonchev–Trinajstić information content (AvgIpc) is 3.17. The van der Waals surface area contributed by atoms with E-state index in [4.69, 9.17) is 15.2 Å². The molecular formula is C17H20N4O3S. The monoisotopic (exact) mass is 360 g/mol. The van der Waals surface area contributed by atoms with Crippen molar-refractivity contribution in [1.82, 2.24) is 14.8 Å². The predicted molar refractivity (Wildman–Crippen MR) is 95.4 cm³/mol. The predicted octanol–water partition coefficient (Wildman–Crippen LogP) is 1.79. The largest absolute Gasteiger partial charge is 0.372 e. The van der Waals surface area contributed by atoms with Crippen molar-refractivity contribution in [2.45, 2.75) is 24.9 Å². The highest BCUT2D eigenvalue weighted by atomic mass is 32.2. The normalized spacial score (nSPS) is 27.0. The number of hydrazine groups is 1. The van der Waals surface area contributed by atoms with Gasteiger partial charge in [0.25, 0.3) is 0 Å². The second-order valence-electron chi connectivity index (χ2n) is 5.57. The van der Waals surface area contributed by atoms with Crippen LogP contribution in [0.2, 0.25) is 0 Å². The number of nitrogens with one attached hydrogen (secondary N) is 1. The highest BCUT2D eigenvalue weighted by Crippen LogP contribution is 2.39. The summed E-state index contributed by atoms with van der Waals surface area (Å²) in [7, 11) is 1.57. The second-order valence-corrected chi connectivity index (χ2v) is 6.42. The molecule has 2 heterocycles. The highest BCUT2D eigenvalue weighted by molar-refractivity contribution is 8.00. The Hall–Kier alpha value is -2.13. The molecule has 3 unspecified atom stereocenters. The van der Waals surface area contributed by atoms with E-state index in [0.29, 0.717) is 5.57 Å². The van der Waals surface area contributed by atoms with E-state index in [0.717, 1.165) is 5.69 Å². The first-order valence-corrected chi connectivity index (χ1v) is 8.61. The average molecular weight is 360 g/mol. The van der Waals surface area contributed by atoms with E-state index in [1.807, 2.05) is 34.9 Å². The van der Waals surface area contributed by atoms with Crippen LogP contribution in [-0.2, 0) is 14.3 Å². The number of rotatable bonds is 6. The molecule has 1 aromatic rings. The lowest BCUT2D eigenvalue weighted by Gasteiger charge is -2.44. The van der Waals surface area contributed by atoms with Crippen molar-refractivity contribution in [3.05, 3.63) is 65.5 Å². The quantitative estimate of drug-likeness (QED) is 0.748. The zero-order valence-corrected chi connectivity index (χ0v) is 14.8. The third-order valence-electron chi connectivity index (χ3n) is 3.99. The summed E-state index contributed by atoms with van der Waals surface area (Å²) in [6.45, 7) is 1.92. The van der Waals surface area contributed by atoms with Crippen LogP contribution in [0.15, 0.2) is 59.8 Å². The lowest BCUT2D eigenvalue weighted by atomic mass is 9.95. The third-order valence-corrected chi connectivity index (χ3v) is 4.85. The molecule has 0 saturated heterocycles. The van der Waals surface area contributed by atoms with E-state index in [2.05, 4.69) is 10.4 Å². The molecule has 3 rings (SSSR count). The second kappa shape index (κ2) is 7.40. The number of carbonyl (C=O) groups is 1. The number of carbonyl (C=O) groups excluding carboxylic acids is 1. The number of pyridine rings is 1. The van der Waals surface area contributed by atoms with Gasteiger partial charge < -0.3 is 20.6 Å². The van der Waals surface area contributed by atoms with Gasteiger partial charge in [0.05, 0.1) is 11.8 Å². The van der Waals surface area contributed by atoms with Crippen LogP contribution in [0.3, 0.4) is 0 Å². The molecule has 2 aliphatic rings. The van der Waals surface area contributed by atoms with E-state index in [9.17, 15) is 4.79 Å². The SMILES string of the molecule is COC1C=C(C(N)=O)C=CC1(OC(C)c1ccccn1)N1NC=CS1. The van der Waals surface area contributed by atoms with Gasteiger partial charge in [-0.3, -0.25) is 9.78 Å². The van der Waals surface area contributed by atoms with Crippen molar-refractivity contribution in [3.8, 4) is 0 Å². The molecule has 0 radical (unpaired) electrons. The fourth-order valence-corrected chi connectivity index (χ4v) is 3.48. The molecule has 25 heavy (non-hydrogen) atoms. The number of nitrogens with two attached hydrogens (primary N) is 1. The first-order chi connectivity index (χ1) is 12.1.